The Morgan fingerprint density at radius 1 is 1.15 bits per heavy atom. The van der Waals surface area contributed by atoms with Crippen LogP contribution in [0.15, 0.2) is 0 Å². The second-order valence-corrected chi connectivity index (χ2v) is 3.82. The van der Waals surface area contributed by atoms with Crippen molar-refractivity contribution in [1.29, 1.82) is 0 Å². The summed E-state index contributed by atoms with van der Waals surface area (Å²) in [5.41, 5.74) is 0. The van der Waals surface area contributed by atoms with Crippen molar-refractivity contribution in [3.63, 3.8) is 0 Å². The van der Waals surface area contributed by atoms with E-state index in [0.717, 1.165) is 6.54 Å². The van der Waals surface area contributed by atoms with Gasteiger partial charge in [-0.2, -0.15) is 0 Å². The Morgan fingerprint density at radius 2 is 1.85 bits per heavy atom. The Bertz CT molecular complexity index is 104. The van der Waals surface area contributed by atoms with Crippen LogP contribution in [0.1, 0.15) is 40.0 Å². The molecule has 0 aliphatic carbocycles. The number of nitrogens with zero attached hydrogens (tertiary/aromatic N) is 1. The molecule has 13 heavy (non-hydrogen) atoms. The number of rotatable bonds is 8. The van der Waals surface area contributed by atoms with Crippen LogP contribution in [0.2, 0.25) is 0 Å². The lowest BCUT2D eigenvalue weighted by molar-refractivity contribution is 0.285. The molecular formula is C11H26N2. The zero-order valence-corrected chi connectivity index (χ0v) is 9.77. The van der Waals surface area contributed by atoms with Crippen LogP contribution in [0.5, 0.6) is 0 Å². The Hall–Kier alpha value is -0.0800. The van der Waals surface area contributed by atoms with Crippen LogP contribution in [-0.2, 0) is 0 Å². The van der Waals surface area contributed by atoms with Crippen LogP contribution in [0.3, 0.4) is 0 Å². The summed E-state index contributed by atoms with van der Waals surface area (Å²) in [6.45, 7) is 10.3. The van der Waals surface area contributed by atoms with Gasteiger partial charge in [0.2, 0.25) is 0 Å². The van der Waals surface area contributed by atoms with E-state index < -0.39 is 0 Å². The quantitative estimate of drug-likeness (QED) is 0.624. The van der Waals surface area contributed by atoms with Gasteiger partial charge >= 0.3 is 0 Å². The third-order valence-corrected chi connectivity index (χ3v) is 2.31. The minimum absolute atomic E-state index is 0.677. The van der Waals surface area contributed by atoms with Crippen molar-refractivity contribution in [2.45, 2.75) is 46.1 Å². The molecule has 0 aromatic carbocycles. The fourth-order valence-corrected chi connectivity index (χ4v) is 1.54. The molecule has 2 heteroatoms. The molecule has 0 saturated heterocycles. The molecule has 2 nitrogen and oxygen atoms in total. The minimum atomic E-state index is 0.677. The third-order valence-electron chi connectivity index (χ3n) is 2.31. The fourth-order valence-electron chi connectivity index (χ4n) is 1.54. The van der Waals surface area contributed by atoms with Crippen molar-refractivity contribution in [1.82, 2.24) is 10.2 Å². The highest BCUT2D eigenvalue weighted by molar-refractivity contribution is 4.68. The Balaban J connectivity index is 3.56. The maximum absolute atomic E-state index is 3.57. The molecule has 0 saturated carbocycles. The van der Waals surface area contributed by atoms with E-state index in [2.05, 4.69) is 38.0 Å². The SMILES string of the molecule is CCCNC(CC)CN(C)CCC. The lowest BCUT2D eigenvalue weighted by Crippen LogP contribution is -2.39. The highest BCUT2D eigenvalue weighted by Crippen LogP contribution is 1.95. The number of nitrogens with one attached hydrogen (secondary N) is 1. The van der Waals surface area contributed by atoms with Crippen molar-refractivity contribution in [3.8, 4) is 0 Å². The fraction of sp³-hybridized carbons (Fsp3) is 1.00. The van der Waals surface area contributed by atoms with Crippen molar-refractivity contribution >= 4 is 0 Å². The minimum Gasteiger partial charge on any atom is -0.313 e. The van der Waals surface area contributed by atoms with E-state index in [4.69, 9.17) is 0 Å². The first-order valence-electron chi connectivity index (χ1n) is 5.66. The van der Waals surface area contributed by atoms with Crippen LogP contribution in [0, 0.1) is 0 Å². The first-order valence-corrected chi connectivity index (χ1v) is 5.66. The molecule has 0 amide bonds. The second-order valence-electron chi connectivity index (χ2n) is 3.82. The molecule has 0 rings (SSSR count). The number of likely N-dealkylation sites (N-methyl/N-ethyl adjacent to an activating group) is 1. The second kappa shape index (κ2) is 8.52. The largest absolute Gasteiger partial charge is 0.313 e. The average Bonchev–Trinajstić information content (AvgIpc) is 2.12. The highest BCUT2D eigenvalue weighted by atomic mass is 15.1. The van der Waals surface area contributed by atoms with E-state index in [-0.39, 0.29) is 0 Å². The summed E-state index contributed by atoms with van der Waals surface area (Å²) in [4.78, 5) is 2.41. The van der Waals surface area contributed by atoms with E-state index in [1.54, 1.807) is 0 Å². The van der Waals surface area contributed by atoms with Gasteiger partial charge in [-0.3, -0.25) is 0 Å². The smallest absolute Gasteiger partial charge is 0.0192 e. The molecule has 80 valence electrons. The topological polar surface area (TPSA) is 15.3 Å². The summed E-state index contributed by atoms with van der Waals surface area (Å²) in [6, 6.07) is 0.677. The maximum atomic E-state index is 3.57. The molecule has 0 radical (unpaired) electrons. The Kier molecular flexibility index (Phi) is 8.46. The van der Waals surface area contributed by atoms with Gasteiger partial charge in [0, 0.05) is 12.6 Å². The molecule has 0 spiro atoms. The van der Waals surface area contributed by atoms with Crippen molar-refractivity contribution < 1.29 is 0 Å². The van der Waals surface area contributed by atoms with Gasteiger partial charge in [0.05, 0.1) is 0 Å². The lowest BCUT2D eigenvalue weighted by Gasteiger charge is -2.23. The van der Waals surface area contributed by atoms with Gasteiger partial charge in [0.25, 0.3) is 0 Å². The molecule has 0 fully saturated rings. The molecule has 0 heterocycles. The first kappa shape index (κ1) is 12.9. The molecule has 1 unspecified atom stereocenters. The highest BCUT2D eigenvalue weighted by Gasteiger charge is 2.07. The van der Waals surface area contributed by atoms with Gasteiger partial charge in [-0.05, 0) is 39.4 Å². The summed E-state index contributed by atoms with van der Waals surface area (Å²) in [5, 5.41) is 3.57. The number of hydrogen-bond acceptors (Lipinski definition) is 2. The predicted octanol–water partition coefficient (Wildman–Crippen LogP) is 2.11. The zero-order chi connectivity index (χ0) is 10.1. The van der Waals surface area contributed by atoms with E-state index in [1.807, 2.05) is 0 Å². The first-order chi connectivity index (χ1) is 6.24. The van der Waals surface area contributed by atoms with Gasteiger partial charge in [-0.15, -0.1) is 0 Å². The number of hydrogen-bond donors (Lipinski definition) is 1. The van der Waals surface area contributed by atoms with Gasteiger partial charge in [0.1, 0.15) is 0 Å². The van der Waals surface area contributed by atoms with Crippen LogP contribution < -0.4 is 5.32 Å². The van der Waals surface area contributed by atoms with Crippen molar-refractivity contribution in [3.05, 3.63) is 0 Å². The van der Waals surface area contributed by atoms with Gasteiger partial charge in [-0.25, -0.2) is 0 Å². The van der Waals surface area contributed by atoms with Gasteiger partial charge in [-0.1, -0.05) is 20.8 Å². The Labute approximate surface area is 83.7 Å². The van der Waals surface area contributed by atoms with Crippen molar-refractivity contribution in [2.24, 2.45) is 0 Å². The molecule has 0 aliphatic rings. The van der Waals surface area contributed by atoms with E-state index in [9.17, 15) is 0 Å². The molecule has 1 atom stereocenters. The van der Waals surface area contributed by atoms with Crippen LogP contribution >= 0.6 is 0 Å². The van der Waals surface area contributed by atoms with Crippen LogP contribution in [0.4, 0.5) is 0 Å². The summed E-state index contributed by atoms with van der Waals surface area (Å²) < 4.78 is 0. The molecule has 1 N–H and O–H groups in total. The maximum Gasteiger partial charge on any atom is 0.0192 e. The average molecular weight is 186 g/mol. The molecule has 0 aromatic heterocycles. The lowest BCUT2D eigenvalue weighted by atomic mass is 10.2. The van der Waals surface area contributed by atoms with Crippen LogP contribution in [0.25, 0.3) is 0 Å². The Morgan fingerprint density at radius 3 is 2.31 bits per heavy atom. The van der Waals surface area contributed by atoms with E-state index in [0.29, 0.717) is 6.04 Å². The normalized spacial score (nSPS) is 13.6. The summed E-state index contributed by atoms with van der Waals surface area (Å²) in [6.07, 6.45) is 3.71. The molecule has 0 bridgehead atoms. The third kappa shape index (κ3) is 7.03. The van der Waals surface area contributed by atoms with Crippen molar-refractivity contribution in [2.75, 3.05) is 26.7 Å². The monoisotopic (exact) mass is 186 g/mol. The molecule has 0 aromatic rings. The molecular weight excluding hydrogens is 160 g/mol. The summed E-state index contributed by atoms with van der Waals surface area (Å²) in [7, 11) is 2.21. The standard InChI is InChI=1S/C11H26N2/c1-5-8-12-11(7-3)10-13(4)9-6-2/h11-12H,5-10H2,1-4H3. The summed E-state index contributed by atoms with van der Waals surface area (Å²) in [5.74, 6) is 0. The van der Waals surface area contributed by atoms with Gasteiger partial charge in [0.15, 0.2) is 0 Å². The van der Waals surface area contributed by atoms with E-state index in [1.165, 1.54) is 32.4 Å². The van der Waals surface area contributed by atoms with Gasteiger partial charge < -0.3 is 10.2 Å². The molecule has 0 aliphatic heterocycles. The van der Waals surface area contributed by atoms with Crippen LogP contribution in [-0.4, -0.2) is 37.6 Å². The predicted molar refractivity (Wildman–Crippen MR) is 60.2 cm³/mol. The zero-order valence-electron chi connectivity index (χ0n) is 9.77. The van der Waals surface area contributed by atoms with E-state index >= 15 is 0 Å². The summed E-state index contributed by atoms with van der Waals surface area (Å²) >= 11 is 0.